The van der Waals surface area contributed by atoms with E-state index >= 15 is 0 Å². The maximum atomic E-state index is 12.5. The van der Waals surface area contributed by atoms with Crippen molar-refractivity contribution < 1.29 is 14.3 Å². The fourth-order valence-electron chi connectivity index (χ4n) is 3.25. The summed E-state index contributed by atoms with van der Waals surface area (Å²) in [5.74, 6) is -0.220. The smallest absolute Gasteiger partial charge is 0.407 e. The second kappa shape index (κ2) is 8.33. The van der Waals surface area contributed by atoms with E-state index in [2.05, 4.69) is 15.7 Å². The molecule has 150 valence electrons. The van der Waals surface area contributed by atoms with Gasteiger partial charge in [-0.05, 0) is 46.6 Å². The maximum absolute atomic E-state index is 12.5. The van der Waals surface area contributed by atoms with Crippen LogP contribution in [0, 0.1) is 6.92 Å². The van der Waals surface area contributed by atoms with Gasteiger partial charge >= 0.3 is 6.09 Å². The Kier molecular flexibility index (Phi) is 6.57. The lowest BCUT2D eigenvalue weighted by Gasteiger charge is -2.30. The second-order valence-corrected chi connectivity index (χ2v) is 8.44. The number of hydrogen-bond acceptors (Lipinski definition) is 4. The van der Waals surface area contributed by atoms with Crippen LogP contribution < -0.4 is 10.6 Å². The predicted molar refractivity (Wildman–Crippen MR) is 106 cm³/mol. The standard InChI is InChI=1S/C19H29ClN4O3/c1-13-14(16(20)24(5)23-13)8-9-15(25)22-19(10-6-7-11-19)12-21-17(26)27-18(2,3)4/h8-9H,6-7,10-12H2,1-5H3,(H,21,26)(H,22,25)/b9-8+. The van der Waals surface area contributed by atoms with Crippen molar-refractivity contribution in [1.82, 2.24) is 20.4 Å². The lowest BCUT2D eigenvalue weighted by atomic mass is 9.97. The summed E-state index contributed by atoms with van der Waals surface area (Å²) in [6.45, 7) is 7.63. The third-order valence-electron chi connectivity index (χ3n) is 4.52. The Morgan fingerprint density at radius 2 is 1.96 bits per heavy atom. The molecule has 0 aromatic carbocycles. The Balaban J connectivity index is 1.99. The Bertz CT molecular complexity index is 728. The van der Waals surface area contributed by atoms with Gasteiger partial charge < -0.3 is 15.4 Å². The van der Waals surface area contributed by atoms with Crippen LogP contribution in [0.2, 0.25) is 5.15 Å². The van der Waals surface area contributed by atoms with E-state index in [0.717, 1.165) is 36.9 Å². The zero-order valence-corrected chi connectivity index (χ0v) is 17.4. The predicted octanol–water partition coefficient (Wildman–Crippen LogP) is 3.35. The molecule has 8 heteroatoms. The monoisotopic (exact) mass is 396 g/mol. The van der Waals surface area contributed by atoms with Crippen LogP contribution in [-0.4, -0.2) is 39.5 Å². The first kappa shape index (κ1) is 21.3. The van der Waals surface area contributed by atoms with Crippen molar-refractivity contribution in [2.24, 2.45) is 7.05 Å². The molecule has 1 aliphatic rings. The number of hydrogen-bond donors (Lipinski definition) is 2. The van der Waals surface area contributed by atoms with Gasteiger partial charge in [-0.25, -0.2) is 4.79 Å². The number of halogens is 1. The van der Waals surface area contributed by atoms with Gasteiger partial charge in [-0.1, -0.05) is 24.4 Å². The van der Waals surface area contributed by atoms with E-state index < -0.39 is 17.2 Å². The number of ether oxygens (including phenoxy) is 1. The molecule has 2 amide bonds. The average Bonchev–Trinajstić information content (AvgIpc) is 3.08. The van der Waals surface area contributed by atoms with Crippen molar-refractivity contribution in [1.29, 1.82) is 0 Å². The van der Waals surface area contributed by atoms with E-state index in [4.69, 9.17) is 16.3 Å². The number of carbonyl (C=O) groups is 2. The Morgan fingerprint density at radius 1 is 1.33 bits per heavy atom. The fraction of sp³-hybridized carbons (Fsp3) is 0.632. The Hall–Kier alpha value is -2.02. The summed E-state index contributed by atoms with van der Waals surface area (Å²) in [5, 5.41) is 10.6. The normalized spacial score (nSPS) is 16.5. The van der Waals surface area contributed by atoms with Crippen molar-refractivity contribution in [3.05, 3.63) is 22.5 Å². The minimum Gasteiger partial charge on any atom is -0.444 e. The Morgan fingerprint density at radius 3 is 2.48 bits per heavy atom. The quantitative estimate of drug-likeness (QED) is 0.747. The summed E-state index contributed by atoms with van der Waals surface area (Å²) in [6.07, 6.45) is 6.30. The van der Waals surface area contributed by atoms with Crippen molar-refractivity contribution in [3.63, 3.8) is 0 Å². The lowest BCUT2D eigenvalue weighted by molar-refractivity contribution is -0.118. The minimum atomic E-state index is -0.556. The highest BCUT2D eigenvalue weighted by Crippen LogP contribution is 2.29. The first-order valence-corrected chi connectivity index (χ1v) is 9.55. The maximum Gasteiger partial charge on any atom is 0.407 e. The second-order valence-electron chi connectivity index (χ2n) is 8.08. The summed E-state index contributed by atoms with van der Waals surface area (Å²) in [4.78, 5) is 24.4. The van der Waals surface area contributed by atoms with Gasteiger partial charge in [0.2, 0.25) is 5.91 Å². The molecule has 0 radical (unpaired) electrons. The van der Waals surface area contributed by atoms with Gasteiger partial charge in [0.1, 0.15) is 10.8 Å². The molecule has 7 nitrogen and oxygen atoms in total. The molecule has 1 heterocycles. The highest BCUT2D eigenvalue weighted by atomic mass is 35.5. The van der Waals surface area contributed by atoms with Gasteiger partial charge in [0, 0.05) is 25.2 Å². The molecule has 0 bridgehead atoms. The topological polar surface area (TPSA) is 85.3 Å². The molecule has 1 aliphatic carbocycles. The number of nitrogens with zero attached hydrogens (tertiary/aromatic N) is 2. The van der Waals surface area contributed by atoms with E-state index in [-0.39, 0.29) is 5.91 Å². The Labute approximate surface area is 165 Å². The number of nitrogens with one attached hydrogen (secondary N) is 2. The van der Waals surface area contributed by atoms with Crippen LogP contribution in [-0.2, 0) is 16.6 Å². The molecule has 0 saturated heterocycles. The minimum absolute atomic E-state index is 0.220. The fourth-order valence-corrected chi connectivity index (χ4v) is 3.49. The molecule has 1 aromatic rings. The van der Waals surface area contributed by atoms with Gasteiger partial charge in [0.05, 0.1) is 11.2 Å². The molecule has 0 unspecified atom stereocenters. The van der Waals surface area contributed by atoms with Crippen LogP contribution in [0.25, 0.3) is 6.08 Å². The van der Waals surface area contributed by atoms with Crippen molar-refractivity contribution in [2.75, 3.05) is 6.54 Å². The summed E-state index contributed by atoms with van der Waals surface area (Å²) in [6, 6.07) is 0. The van der Waals surface area contributed by atoms with Crippen LogP contribution in [0.1, 0.15) is 57.7 Å². The summed E-state index contributed by atoms with van der Waals surface area (Å²) < 4.78 is 6.85. The van der Waals surface area contributed by atoms with Crippen LogP contribution in [0.15, 0.2) is 6.08 Å². The molecular weight excluding hydrogens is 368 g/mol. The molecule has 1 saturated carbocycles. The SMILES string of the molecule is Cc1nn(C)c(Cl)c1/C=C/C(=O)NC1(CNC(=O)OC(C)(C)C)CCCC1. The lowest BCUT2D eigenvalue weighted by Crippen LogP contribution is -2.54. The van der Waals surface area contributed by atoms with Crippen molar-refractivity contribution in [3.8, 4) is 0 Å². The number of alkyl carbamates (subject to hydrolysis) is 1. The summed E-state index contributed by atoms with van der Waals surface area (Å²) in [5.41, 5.74) is 0.474. The largest absolute Gasteiger partial charge is 0.444 e. The van der Waals surface area contributed by atoms with E-state index in [1.54, 1.807) is 17.8 Å². The van der Waals surface area contributed by atoms with Crippen molar-refractivity contribution in [2.45, 2.75) is 64.5 Å². The van der Waals surface area contributed by atoms with Crippen LogP contribution >= 0.6 is 11.6 Å². The highest BCUT2D eigenvalue weighted by Gasteiger charge is 2.35. The molecule has 27 heavy (non-hydrogen) atoms. The van der Waals surface area contributed by atoms with Gasteiger partial charge in [0.15, 0.2) is 0 Å². The molecular formula is C19H29ClN4O3. The van der Waals surface area contributed by atoms with Gasteiger partial charge in [-0.15, -0.1) is 0 Å². The third-order valence-corrected chi connectivity index (χ3v) is 4.96. The number of rotatable bonds is 5. The van der Waals surface area contributed by atoms with Gasteiger partial charge in [-0.2, -0.15) is 5.10 Å². The van der Waals surface area contributed by atoms with Gasteiger partial charge in [-0.3, -0.25) is 9.48 Å². The summed E-state index contributed by atoms with van der Waals surface area (Å²) >= 11 is 6.19. The molecule has 1 fully saturated rings. The number of aryl methyl sites for hydroxylation is 2. The van der Waals surface area contributed by atoms with E-state index in [1.807, 2.05) is 27.7 Å². The molecule has 0 spiro atoms. The first-order valence-electron chi connectivity index (χ1n) is 9.17. The van der Waals surface area contributed by atoms with Crippen LogP contribution in [0.5, 0.6) is 0 Å². The zero-order chi connectivity index (χ0) is 20.2. The van der Waals surface area contributed by atoms with Crippen LogP contribution in [0.4, 0.5) is 4.79 Å². The van der Waals surface area contributed by atoms with Gasteiger partial charge in [0.25, 0.3) is 0 Å². The van der Waals surface area contributed by atoms with E-state index in [0.29, 0.717) is 11.7 Å². The zero-order valence-electron chi connectivity index (χ0n) is 16.7. The summed E-state index contributed by atoms with van der Waals surface area (Å²) in [7, 11) is 1.75. The number of carbonyl (C=O) groups excluding carboxylic acids is 2. The average molecular weight is 397 g/mol. The molecule has 2 N–H and O–H groups in total. The number of aromatic nitrogens is 2. The molecule has 0 atom stereocenters. The molecule has 1 aromatic heterocycles. The first-order chi connectivity index (χ1) is 12.5. The third kappa shape index (κ3) is 5.99. The molecule has 2 rings (SSSR count). The van der Waals surface area contributed by atoms with Crippen LogP contribution in [0.3, 0.4) is 0 Å². The van der Waals surface area contributed by atoms with Crippen molar-refractivity contribution >= 4 is 29.7 Å². The van der Waals surface area contributed by atoms with E-state index in [9.17, 15) is 9.59 Å². The molecule has 0 aliphatic heterocycles. The van der Waals surface area contributed by atoms with E-state index in [1.165, 1.54) is 6.08 Å². The number of amides is 2. The highest BCUT2D eigenvalue weighted by molar-refractivity contribution is 6.31.